The van der Waals surface area contributed by atoms with Gasteiger partial charge in [0, 0.05) is 5.69 Å². The molecule has 106 valence electrons. The Balaban J connectivity index is 2.17. The molecule has 0 bridgehead atoms. The van der Waals surface area contributed by atoms with Gasteiger partial charge in [-0.3, -0.25) is 0 Å². The molecule has 1 aromatic carbocycles. The van der Waals surface area contributed by atoms with E-state index in [0.717, 1.165) is 5.69 Å². The SMILES string of the molecule is Cc1cc(CNS(=O)(=O)c2ccc(Cl)c(Cl)c2)ncn1. The highest BCUT2D eigenvalue weighted by atomic mass is 35.5. The molecule has 2 rings (SSSR count). The third-order valence-corrected chi connectivity index (χ3v) is 4.64. The fourth-order valence-electron chi connectivity index (χ4n) is 1.50. The van der Waals surface area contributed by atoms with Crippen LogP contribution >= 0.6 is 23.2 Å². The maximum absolute atomic E-state index is 12.1. The van der Waals surface area contributed by atoms with Gasteiger partial charge < -0.3 is 0 Å². The molecule has 0 aliphatic carbocycles. The zero-order valence-electron chi connectivity index (χ0n) is 10.5. The third-order valence-electron chi connectivity index (χ3n) is 2.51. The molecule has 20 heavy (non-hydrogen) atoms. The van der Waals surface area contributed by atoms with Crippen LogP contribution in [0.25, 0.3) is 0 Å². The smallest absolute Gasteiger partial charge is 0.240 e. The Morgan fingerprint density at radius 2 is 1.90 bits per heavy atom. The summed E-state index contributed by atoms with van der Waals surface area (Å²) in [6.45, 7) is 1.88. The fourth-order valence-corrected chi connectivity index (χ4v) is 2.89. The van der Waals surface area contributed by atoms with E-state index in [1.165, 1.54) is 24.5 Å². The van der Waals surface area contributed by atoms with Gasteiger partial charge in [-0.1, -0.05) is 23.2 Å². The normalized spacial score (nSPS) is 11.6. The van der Waals surface area contributed by atoms with E-state index in [1.807, 2.05) is 0 Å². The molecule has 0 unspecified atom stereocenters. The lowest BCUT2D eigenvalue weighted by atomic mass is 10.3. The average Bonchev–Trinajstić information content (AvgIpc) is 2.40. The molecule has 1 heterocycles. The Morgan fingerprint density at radius 1 is 1.15 bits per heavy atom. The zero-order valence-corrected chi connectivity index (χ0v) is 12.8. The topological polar surface area (TPSA) is 72.0 Å². The molecular formula is C12H11Cl2N3O2S. The molecule has 2 aromatic rings. The van der Waals surface area contributed by atoms with Gasteiger partial charge in [-0.05, 0) is 31.2 Å². The lowest BCUT2D eigenvalue weighted by Gasteiger charge is -2.07. The van der Waals surface area contributed by atoms with Gasteiger partial charge >= 0.3 is 0 Å². The van der Waals surface area contributed by atoms with Crippen LogP contribution in [0.15, 0.2) is 35.5 Å². The summed E-state index contributed by atoms with van der Waals surface area (Å²) in [5, 5.41) is 0.490. The van der Waals surface area contributed by atoms with Crippen LogP contribution in [0.5, 0.6) is 0 Å². The van der Waals surface area contributed by atoms with Crippen LogP contribution in [-0.2, 0) is 16.6 Å². The van der Waals surface area contributed by atoms with Crippen LogP contribution in [0.3, 0.4) is 0 Å². The van der Waals surface area contributed by atoms with Crippen molar-refractivity contribution in [3.8, 4) is 0 Å². The van der Waals surface area contributed by atoms with Crippen molar-refractivity contribution in [1.82, 2.24) is 14.7 Å². The molecule has 0 fully saturated rings. The molecule has 8 heteroatoms. The number of sulfonamides is 1. The Morgan fingerprint density at radius 3 is 2.55 bits per heavy atom. The van der Waals surface area contributed by atoms with E-state index >= 15 is 0 Å². The van der Waals surface area contributed by atoms with Crippen molar-refractivity contribution in [1.29, 1.82) is 0 Å². The Bertz CT molecular complexity index is 735. The van der Waals surface area contributed by atoms with Gasteiger partial charge in [0.1, 0.15) is 6.33 Å². The van der Waals surface area contributed by atoms with Crippen LogP contribution in [-0.4, -0.2) is 18.4 Å². The molecule has 0 amide bonds. The maximum atomic E-state index is 12.1. The first-order chi connectivity index (χ1) is 9.38. The lowest BCUT2D eigenvalue weighted by molar-refractivity contribution is 0.580. The van der Waals surface area contributed by atoms with Gasteiger partial charge in [-0.2, -0.15) is 0 Å². The van der Waals surface area contributed by atoms with E-state index < -0.39 is 10.0 Å². The summed E-state index contributed by atoms with van der Waals surface area (Å²) in [5.74, 6) is 0. The van der Waals surface area contributed by atoms with E-state index in [2.05, 4.69) is 14.7 Å². The van der Waals surface area contributed by atoms with Crippen molar-refractivity contribution in [2.45, 2.75) is 18.4 Å². The van der Waals surface area contributed by atoms with E-state index in [0.29, 0.717) is 10.7 Å². The first kappa shape index (κ1) is 15.2. The van der Waals surface area contributed by atoms with Crippen LogP contribution < -0.4 is 4.72 Å². The van der Waals surface area contributed by atoms with Crippen molar-refractivity contribution < 1.29 is 8.42 Å². The third kappa shape index (κ3) is 3.67. The van der Waals surface area contributed by atoms with Gasteiger partial charge in [0.2, 0.25) is 10.0 Å². The Kier molecular flexibility index (Phi) is 4.59. The van der Waals surface area contributed by atoms with Crippen molar-refractivity contribution in [3.05, 3.63) is 52.0 Å². The zero-order chi connectivity index (χ0) is 14.8. The van der Waals surface area contributed by atoms with Crippen LogP contribution in [0, 0.1) is 6.92 Å². The van der Waals surface area contributed by atoms with E-state index in [4.69, 9.17) is 23.2 Å². The summed E-state index contributed by atoms with van der Waals surface area (Å²) in [6, 6.07) is 5.84. The summed E-state index contributed by atoms with van der Waals surface area (Å²) in [5.41, 5.74) is 1.35. The van der Waals surface area contributed by atoms with Crippen LogP contribution in [0.1, 0.15) is 11.4 Å². The minimum absolute atomic E-state index is 0.0534. The Labute approximate surface area is 127 Å². The van der Waals surface area contributed by atoms with Crippen LogP contribution in [0.4, 0.5) is 0 Å². The molecule has 5 nitrogen and oxygen atoms in total. The second-order valence-corrected chi connectivity index (χ2v) is 6.63. The molecule has 0 radical (unpaired) electrons. The van der Waals surface area contributed by atoms with E-state index in [-0.39, 0.29) is 16.5 Å². The second kappa shape index (κ2) is 6.05. The van der Waals surface area contributed by atoms with Crippen LogP contribution in [0.2, 0.25) is 10.0 Å². The first-order valence-electron chi connectivity index (χ1n) is 5.61. The van der Waals surface area contributed by atoms with E-state index in [1.54, 1.807) is 13.0 Å². The summed E-state index contributed by atoms with van der Waals surface area (Å²) < 4.78 is 26.6. The van der Waals surface area contributed by atoms with Gasteiger partial charge in [0.15, 0.2) is 0 Å². The average molecular weight is 332 g/mol. The predicted molar refractivity (Wildman–Crippen MR) is 77.3 cm³/mol. The highest BCUT2D eigenvalue weighted by Gasteiger charge is 2.15. The molecular weight excluding hydrogens is 321 g/mol. The number of hydrogen-bond donors (Lipinski definition) is 1. The number of hydrogen-bond acceptors (Lipinski definition) is 4. The summed E-state index contributed by atoms with van der Waals surface area (Å²) in [7, 11) is -3.66. The second-order valence-electron chi connectivity index (χ2n) is 4.05. The first-order valence-corrected chi connectivity index (χ1v) is 7.84. The van der Waals surface area contributed by atoms with Crippen molar-refractivity contribution >= 4 is 33.2 Å². The molecule has 0 aliphatic heterocycles. The number of rotatable bonds is 4. The molecule has 0 saturated carbocycles. The number of aromatic nitrogens is 2. The molecule has 1 aromatic heterocycles. The number of aryl methyl sites for hydroxylation is 1. The highest BCUT2D eigenvalue weighted by Crippen LogP contribution is 2.24. The molecule has 0 spiro atoms. The predicted octanol–water partition coefficient (Wildman–Crippen LogP) is 2.57. The van der Waals surface area contributed by atoms with Crippen molar-refractivity contribution in [2.75, 3.05) is 0 Å². The molecule has 1 N–H and O–H groups in total. The lowest BCUT2D eigenvalue weighted by Crippen LogP contribution is -2.23. The quantitative estimate of drug-likeness (QED) is 0.934. The summed E-state index contributed by atoms with van der Waals surface area (Å²) >= 11 is 11.6. The molecule has 0 saturated heterocycles. The van der Waals surface area contributed by atoms with Gasteiger partial charge in [0.05, 0.1) is 27.2 Å². The standard InChI is InChI=1S/C12H11Cl2N3O2S/c1-8-4-9(16-7-15-8)6-17-20(18,19)10-2-3-11(13)12(14)5-10/h2-5,7,17H,6H2,1H3. The van der Waals surface area contributed by atoms with Gasteiger partial charge in [0.25, 0.3) is 0 Å². The van der Waals surface area contributed by atoms with E-state index in [9.17, 15) is 8.42 Å². The monoisotopic (exact) mass is 331 g/mol. The summed E-state index contributed by atoms with van der Waals surface area (Å²) in [4.78, 5) is 7.98. The minimum atomic E-state index is -3.66. The van der Waals surface area contributed by atoms with Crippen molar-refractivity contribution in [3.63, 3.8) is 0 Å². The number of nitrogens with one attached hydrogen (secondary N) is 1. The van der Waals surface area contributed by atoms with Crippen molar-refractivity contribution in [2.24, 2.45) is 0 Å². The largest absolute Gasteiger partial charge is 0.242 e. The highest BCUT2D eigenvalue weighted by molar-refractivity contribution is 7.89. The fraction of sp³-hybridized carbons (Fsp3) is 0.167. The minimum Gasteiger partial charge on any atom is -0.242 e. The van der Waals surface area contributed by atoms with Gasteiger partial charge in [-0.25, -0.2) is 23.1 Å². The summed E-state index contributed by atoms with van der Waals surface area (Å²) in [6.07, 6.45) is 1.39. The molecule has 0 atom stereocenters. The number of halogens is 2. The number of nitrogens with zero attached hydrogens (tertiary/aromatic N) is 2. The molecule has 0 aliphatic rings. The Hall–Kier alpha value is -1.21. The maximum Gasteiger partial charge on any atom is 0.240 e. The van der Waals surface area contributed by atoms with Gasteiger partial charge in [-0.15, -0.1) is 0 Å². The number of benzene rings is 1.